The number of carbonyl (C=O) groups excluding carboxylic acids is 1. The lowest BCUT2D eigenvalue weighted by molar-refractivity contribution is -0.141. The quantitative estimate of drug-likeness (QED) is 0.817. The van der Waals surface area contributed by atoms with Crippen molar-refractivity contribution in [3.63, 3.8) is 0 Å². The van der Waals surface area contributed by atoms with Crippen LogP contribution < -0.4 is 5.32 Å². The number of rotatable bonds is 3. The zero-order valence-electron chi connectivity index (χ0n) is 10.6. The van der Waals surface area contributed by atoms with Crippen LogP contribution in [0.2, 0.25) is 0 Å². The third kappa shape index (κ3) is 2.74. The first kappa shape index (κ1) is 13.5. The van der Waals surface area contributed by atoms with Gasteiger partial charge < -0.3 is 15.3 Å². The van der Waals surface area contributed by atoms with Crippen molar-refractivity contribution in [2.75, 3.05) is 12.8 Å². The van der Waals surface area contributed by atoms with Crippen LogP contribution in [-0.4, -0.2) is 52.1 Å². The highest BCUT2D eigenvalue weighted by atomic mass is 32.2. The van der Waals surface area contributed by atoms with Gasteiger partial charge in [-0.2, -0.15) is 11.8 Å². The van der Waals surface area contributed by atoms with Crippen LogP contribution in [0.4, 0.5) is 4.79 Å². The maximum atomic E-state index is 12.1. The third-order valence-corrected chi connectivity index (χ3v) is 5.03. The van der Waals surface area contributed by atoms with E-state index in [0.717, 1.165) is 25.7 Å². The topological polar surface area (TPSA) is 69.6 Å². The van der Waals surface area contributed by atoms with Crippen molar-refractivity contribution < 1.29 is 14.7 Å². The second kappa shape index (κ2) is 5.82. The average Bonchev–Trinajstić information content (AvgIpc) is 2.96. The molecule has 0 aromatic heterocycles. The van der Waals surface area contributed by atoms with Crippen LogP contribution in [0.1, 0.15) is 32.1 Å². The maximum Gasteiger partial charge on any atom is 0.326 e. The van der Waals surface area contributed by atoms with Crippen molar-refractivity contribution in [3.05, 3.63) is 0 Å². The van der Waals surface area contributed by atoms with Gasteiger partial charge in [0.25, 0.3) is 0 Å². The highest BCUT2D eigenvalue weighted by molar-refractivity contribution is 7.99. The molecule has 102 valence electrons. The molecule has 1 heterocycles. The Morgan fingerprint density at radius 1 is 1.28 bits per heavy atom. The molecule has 2 aliphatic rings. The summed E-state index contributed by atoms with van der Waals surface area (Å²) in [5.74, 6) is -0.893. The molecular formula is C12H20N2O3S. The Hall–Kier alpha value is -0.910. The number of hydrogen-bond acceptors (Lipinski definition) is 3. The predicted octanol–water partition coefficient (Wildman–Crippen LogP) is 1.53. The number of nitrogens with zero attached hydrogens (tertiary/aromatic N) is 1. The number of likely N-dealkylation sites (tertiary alicyclic amines) is 1. The summed E-state index contributed by atoms with van der Waals surface area (Å²) in [5, 5.41) is 12.5. The summed E-state index contributed by atoms with van der Waals surface area (Å²) in [4.78, 5) is 24.6. The Labute approximate surface area is 111 Å². The summed E-state index contributed by atoms with van der Waals surface area (Å²) in [5.41, 5.74) is 0. The smallest absolute Gasteiger partial charge is 0.326 e. The maximum absolute atomic E-state index is 12.1. The van der Waals surface area contributed by atoms with Crippen LogP contribution in [0.15, 0.2) is 0 Å². The normalized spacial score (nSPS) is 31.6. The molecule has 2 amide bonds. The molecule has 1 aliphatic carbocycles. The first-order valence-corrected chi connectivity index (χ1v) is 7.75. The standard InChI is InChI=1S/C12H20N2O3S/c1-18-10-6-2-4-8(10)13-12(17)14-7-3-5-9(14)11(15)16/h8-10H,2-7H2,1H3,(H,13,17)(H,15,16)/t8?,9-,10?/m0/s1. The van der Waals surface area contributed by atoms with E-state index in [4.69, 9.17) is 5.11 Å². The monoisotopic (exact) mass is 272 g/mol. The number of carbonyl (C=O) groups is 2. The van der Waals surface area contributed by atoms with E-state index in [1.165, 1.54) is 4.90 Å². The van der Waals surface area contributed by atoms with Gasteiger partial charge in [0, 0.05) is 17.8 Å². The fourth-order valence-electron chi connectivity index (χ4n) is 2.88. The first-order valence-electron chi connectivity index (χ1n) is 6.46. The largest absolute Gasteiger partial charge is 0.480 e. The number of amides is 2. The van der Waals surface area contributed by atoms with Gasteiger partial charge >= 0.3 is 12.0 Å². The van der Waals surface area contributed by atoms with Crippen molar-refractivity contribution in [2.24, 2.45) is 0 Å². The van der Waals surface area contributed by atoms with Gasteiger partial charge in [-0.15, -0.1) is 0 Å². The molecule has 3 atom stereocenters. The van der Waals surface area contributed by atoms with Crippen LogP contribution in [0.25, 0.3) is 0 Å². The van der Waals surface area contributed by atoms with Crippen molar-refractivity contribution in [1.82, 2.24) is 10.2 Å². The summed E-state index contributed by atoms with van der Waals surface area (Å²) in [6.45, 7) is 0.555. The van der Waals surface area contributed by atoms with Crippen molar-refractivity contribution in [1.29, 1.82) is 0 Å². The minimum atomic E-state index is -0.893. The summed E-state index contributed by atoms with van der Waals surface area (Å²) in [6.07, 6.45) is 6.68. The van der Waals surface area contributed by atoms with Crippen LogP contribution in [0.3, 0.4) is 0 Å². The van der Waals surface area contributed by atoms with E-state index >= 15 is 0 Å². The van der Waals surface area contributed by atoms with Gasteiger partial charge in [-0.1, -0.05) is 6.42 Å². The Morgan fingerprint density at radius 2 is 2.06 bits per heavy atom. The van der Waals surface area contributed by atoms with Gasteiger partial charge in [-0.05, 0) is 31.9 Å². The lowest BCUT2D eigenvalue weighted by Crippen LogP contribution is -2.50. The van der Waals surface area contributed by atoms with Crippen LogP contribution >= 0.6 is 11.8 Å². The molecule has 5 nitrogen and oxygen atoms in total. The Morgan fingerprint density at radius 3 is 2.72 bits per heavy atom. The van der Waals surface area contributed by atoms with Gasteiger partial charge in [0.05, 0.1) is 0 Å². The van der Waals surface area contributed by atoms with E-state index in [1.807, 2.05) is 0 Å². The first-order chi connectivity index (χ1) is 8.63. The lowest BCUT2D eigenvalue weighted by atomic mass is 10.2. The molecule has 2 N–H and O–H groups in total. The molecular weight excluding hydrogens is 252 g/mol. The molecule has 0 aromatic carbocycles. The van der Waals surface area contributed by atoms with Gasteiger partial charge in [0.15, 0.2) is 0 Å². The molecule has 0 spiro atoms. The number of hydrogen-bond donors (Lipinski definition) is 2. The number of nitrogens with one attached hydrogen (secondary N) is 1. The number of urea groups is 1. The molecule has 0 bridgehead atoms. The molecule has 1 aliphatic heterocycles. The van der Waals surface area contributed by atoms with Crippen LogP contribution in [0, 0.1) is 0 Å². The molecule has 6 heteroatoms. The zero-order valence-corrected chi connectivity index (χ0v) is 11.4. The van der Waals surface area contributed by atoms with Crippen molar-refractivity contribution in [2.45, 2.75) is 49.4 Å². The van der Waals surface area contributed by atoms with Crippen LogP contribution in [-0.2, 0) is 4.79 Å². The number of carboxylic acid groups (broad SMARTS) is 1. The molecule has 0 radical (unpaired) electrons. The van der Waals surface area contributed by atoms with Crippen LogP contribution in [0.5, 0.6) is 0 Å². The summed E-state index contributed by atoms with van der Waals surface area (Å²) < 4.78 is 0. The highest BCUT2D eigenvalue weighted by Crippen LogP contribution is 2.29. The fourth-order valence-corrected chi connectivity index (χ4v) is 3.82. The Balaban J connectivity index is 1.93. The summed E-state index contributed by atoms with van der Waals surface area (Å²) in [6, 6.07) is -0.646. The molecule has 2 fully saturated rings. The van der Waals surface area contributed by atoms with E-state index in [-0.39, 0.29) is 12.1 Å². The fraction of sp³-hybridized carbons (Fsp3) is 0.833. The lowest BCUT2D eigenvalue weighted by Gasteiger charge is -2.26. The van der Waals surface area contributed by atoms with Gasteiger partial charge in [-0.25, -0.2) is 9.59 Å². The van der Waals surface area contributed by atoms with E-state index in [1.54, 1.807) is 11.8 Å². The van der Waals surface area contributed by atoms with E-state index in [9.17, 15) is 9.59 Å². The Bertz CT molecular complexity index is 337. The predicted molar refractivity (Wildman–Crippen MR) is 70.8 cm³/mol. The third-order valence-electron chi connectivity index (χ3n) is 3.86. The molecule has 0 aromatic rings. The second-order valence-corrected chi connectivity index (χ2v) is 6.03. The highest BCUT2D eigenvalue weighted by Gasteiger charge is 2.36. The van der Waals surface area contributed by atoms with Crippen molar-refractivity contribution in [3.8, 4) is 0 Å². The van der Waals surface area contributed by atoms with E-state index in [0.29, 0.717) is 18.2 Å². The summed E-state index contributed by atoms with van der Waals surface area (Å²) in [7, 11) is 0. The van der Waals surface area contributed by atoms with E-state index in [2.05, 4.69) is 11.6 Å². The SMILES string of the molecule is CSC1CCCC1NC(=O)N1CCC[C@H]1C(=O)O. The van der Waals surface area contributed by atoms with Gasteiger partial charge in [0.1, 0.15) is 6.04 Å². The van der Waals surface area contributed by atoms with Crippen molar-refractivity contribution >= 4 is 23.8 Å². The minimum absolute atomic E-state index is 0.197. The number of carboxylic acids is 1. The zero-order chi connectivity index (χ0) is 13.1. The summed E-state index contributed by atoms with van der Waals surface area (Å²) >= 11 is 1.78. The van der Waals surface area contributed by atoms with E-state index < -0.39 is 12.0 Å². The second-order valence-electron chi connectivity index (χ2n) is 4.95. The minimum Gasteiger partial charge on any atom is -0.480 e. The molecule has 18 heavy (non-hydrogen) atoms. The average molecular weight is 272 g/mol. The number of thioether (sulfide) groups is 1. The van der Waals surface area contributed by atoms with Gasteiger partial charge in [-0.3, -0.25) is 0 Å². The molecule has 2 unspecified atom stereocenters. The number of aliphatic carboxylic acids is 1. The molecule has 1 saturated heterocycles. The molecule has 2 rings (SSSR count). The Kier molecular flexibility index (Phi) is 4.37. The van der Waals surface area contributed by atoms with Gasteiger partial charge in [0.2, 0.25) is 0 Å². The molecule has 1 saturated carbocycles.